The molecule has 0 fully saturated rings. The fourth-order valence-corrected chi connectivity index (χ4v) is 1.92. The van der Waals surface area contributed by atoms with E-state index >= 15 is 0 Å². The molecule has 1 unspecified atom stereocenters. The zero-order valence-corrected chi connectivity index (χ0v) is 10.4. The second-order valence-electron chi connectivity index (χ2n) is 3.77. The molecule has 1 aliphatic heterocycles. The van der Waals surface area contributed by atoms with E-state index in [-0.39, 0.29) is 10.7 Å². The number of nitrogens with zero attached hydrogens (tertiary/aromatic N) is 1. The average molecular weight is 307 g/mol. The van der Waals surface area contributed by atoms with Gasteiger partial charge >= 0.3 is 18.1 Å². The van der Waals surface area contributed by atoms with Crippen LogP contribution in [0.2, 0.25) is 5.02 Å². The zero-order valence-electron chi connectivity index (χ0n) is 9.62. The topological polar surface area (TPSA) is 71.3 Å². The van der Waals surface area contributed by atoms with Gasteiger partial charge in [0.15, 0.2) is 0 Å². The van der Waals surface area contributed by atoms with Crippen LogP contribution in [-0.2, 0) is 15.3 Å². The van der Waals surface area contributed by atoms with Crippen LogP contribution in [0.1, 0.15) is 5.56 Å². The summed E-state index contributed by atoms with van der Waals surface area (Å²) in [7, 11) is 0. The number of amides is 1. The Hall–Kier alpha value is -1.98. The zero-order chi connectivity index (χ0) is 15.0. The Labute approximate surface area is 115 Å². The van der Waals surface area contributed by atoms with Gasteiger partial charge < -0.3 is 9.47 Å². The quantitative estimate of drug-likeness (QED) is 0.911. The van der Waals surface area contributed by atoms with Crippen LogP contribution in [0.5, 0.6) is 0 Å². The van der Waals surface area contributed by atoms with Gasteiger partial charge in [-0.05, 0) is 18.2 Å². The van der Waals surface area contributed by atoms with Crippen molar-refractivity contribution in [2.75, 3.05) is 11.9 Å². The molecule has 1 heterocycles. The summed E-state index contributed by atoms with van der Waals surface area (Å²) < 4.78 is 48.8. The molecule has 0 aliphatic carbocycles. The molecule has 0 radical (unpaired) electrons. The predicted molar refractivity (Wildman–Crippen MR) is 60.9 cm³/mol. The number of carbonyl (C=O) groups excluding carboxylic acids is 1. The fraction of sp³-hybridized carbons (Fsp3) is 0.273. The lowest BCUT2D eigenvalue weighted by atomic mass is 10.0. The molecule has 0 aromatic heterocycles. The number of nitrogens with one attached hydrogen (secondary N) is 1. The van der Waals surface area contributed by atoms with E-state index in [1.165, 1.54) is 18.2 Å². The molecule has 1 aromatic carbocycles. The molecule has 1 N–H and O–H groups in total. The molecule has 1 amide bonds. The highest BCUT2D eigenvalue weighted by atomic mass is 35.5. The van der Waals surface area contributed by atoms with E-state index in [4.69, 9.17) is 16.9 Å². The number of halogens is 4. The number of anilines is 1. The van der Waals surface area contributed by atoms with E-state index in [0.29, 0.717) is 0 Å². The van der Waals surface area contributed by atoms with Crippen LogP contribution in [0, 0.1) is 11.3 Å². The van der Waals surface area contributed by atoms with Crippen LogP contribution in [0.15, 0.2) is 18.2 Å². The Bertz CT molecular complexity index is 600. The van der Waals surface area contributed by atoms with E-state index in [0.717, 1.165) is 6.07 Å². The summed E-state index contributed by atoms with van der Waals surface area (Å²) in [5.74, 6) is -3.36. The molecule has 0 saturated carbocycles. The largest absolute Gasteiger partial charge is 0.460 e. The van der Waals surface area contributed by atoms with Gasteiger partial charge in [-0.15, -0.1) is 0 Å². The first-order valence-electron chi connectivity index (χ1n) is 5.18. The third-order valence-corrected chi connectivity index (χ3v) is 2.76. The normalized spacial score (nSPS) is 21.4. The Balaban J connectivity index is 2.65. The van der Waals surface area contributed by atoms with Gasteiger partial charge in [-0.25, -0.2) is 4.79 Å². The molecule has 1 atom stereocenters. The Morgan fingerprint density at radius 1 is 1.50 bits per heavy atom. The number of hydrogen-bond donors (Lipinski definition) is 1. The molecule has 1 aromatic rings. The summed E-state index contributed by atoms with van der Waals surface area (Å²) >= 11 is 5.67. The van der Waals surface area contributed by atoms with Crippen molar-refractivity contribution in [3.05, 3.63) is 28.8 Å². The summed E-state index contributed by atoms with van der Waals surface area (Å²) in [6, 6.07) is 4.86. The first-order valence-corrected chi connectivity index (χ1v) is 5.55. The van der Waals surface area contributed by atoms with Gasteiger partial charge in [0.1, 0.15) is 6.61 Å². The highest BCUT2D eigenvalue weighted by molar-refractivity contribution is 6.30. The van der Waals surface area contributed by atoms with Crippen LogP contribution in [0.3, 0.4) is 0 Å². The van der Waals surface area contributed by atoms with Crippen LogP contribution in [-0.4, -0.2) is 18.9 Å². The summed E-state index contributed by atoms with van der Waals surface area (Å²) in [6.07, 6.45) is -6.42. The van der Waals surface area contributed by atoms with E-state index < -0.39 is 30.2 Å². The van der Waals surface area contributed by atoms with E-state index in [1.54, 1.807) is 0 Å². The molecule has 20 heavy (non-hydrogen) atoms. The second-order valence-corrected chi connectivity index (χ2v) is 4.20. The smallest absolute Gasteiger partial charge is 0.402 e. The number of fused-ring (bicyclic) bond motifs is 1. The van der Waals surface area contributed by atoms with Gasteiger partial charge in [-0.3, -0.25) is 5.32 Å². The Kier molecular flexibility index (Phi) is 3.50. The van der Waals surface area contributed by atoms with Crippen LogP contribution >= 0.6 is 11.6 Å². The number of alkyl halides is 3. The van der Waals surface area contributed by atoms with Crippen molar-refractivity contribution in [3.63, 3.8) is 0 Å². The summed E-state index contributed by atoms with van der Waals surface area (Å²) in [5, 5.41) is 10.5. The minimum atomic E-state index is -5.08. The van der Waals surface area contributed by atoms with Crippen LogP contribution in [0.4, 0.5) is 23.7 Å². The third kappa shape index (κ3) is 2.26. The molecular formula is C11H6ClF3N2O3. The van der Waals surface area contributed by atoms with Gasteiger partial charge in [0, 0.05) is 5.02 Å². The van der Waals surface area contributed by atoms with Crippen LogP contribution < -0.4 is 5.32 Å². The lowest BCUT2D eigenvalue weighted by Gasteiger charge is -2.38. The first-order chi connectivity index (χ1) is 9.30. The highest BCUT2D eigenvalue weighted by Crippen LogP contribution is 2.48. The average Bonchev–Trinajstić information content (AvgIpc) is 2.35. The van der Waals surface area contributed by atoms with Crippen molar-refractivity contribution in [2.24, 2.45) is 0 Å². The van der Waals surface area contributed by atoms with E-state index in [1.807, 2.05) is 0 Å². The lowest BCUT2D eigenvalue weighted by Crippen LogP contribution is -2.52. The SMILES string of the molecule is N#CCOC1(C(F)(F)F)OC(=O)Nc2ccc(Cl)cc21. The fourth-order valence-electron chi connectivity index (χ4n) is 1.75. The number of benzene rings is 1. The lowest BCUT2D eigenvalue weighted by molar-refractivity contribution is -0.368. The maximum Gasteiger partial charge on any atom is 0.460 e. The molecule has 5 nitrogen and oxygen atoms in total. The van der Waals surface area contributed by atoms with Gasteiger partial charge in [-0.1, -0.05) is 11.6 Å². The molecular weight excluding hydrogens is 301 g/mol. The highest BCUT2D eigenvalue weighted by Gasteiger charge is 2.64. The second kappa shape index (κ2) is 4.85. The molecule has 0 spiro atoms. The minimum absolute atomic E-state index is 0.00215. The maximum absolute atomic E-state index is 13.3. The van der Waals surface area contributed by atoms with Crippen molar-refractivity contribution in [1.29, 1.82) is 5.26 Å². The number of ether oxygens (including phenoxy) is 2. The molecule has 106 valence electrons. The number of cyclic esters (lactones) is 1. The summed E-state index contributed by atoms with van der Waals surface area (Å²) in [5.41, 5.74) is -0.673. The van der Waals surface area contributed by atoms with Gasteiger partial charge in [0.25, 0.3) is 0 Å². The third-order valence-electron chi connectivity index (χ3n) is 2.52. The number of carbonyl (C=O) groups is 1. The van der Waals surface area contributed by atoms with Crippen molar-refractivity contribution >= 4 is 23.4 Å². The molecule has 9 heteroatoms. The van der Waals surface area contributed by atoms with Gasteiger partial charge in [0.05, 0.1) is 17.3 Å². The maximum atomic E-state index is 13.3. The van der Waals surface area contributed by atoms with Gasteiger partial charge in [0.2, 0.25) is 0 Å². The van der Waals surface area contributed by atoms with Crippen molar-refractivity contribution in [2.45, 2.75) is 12.0 Å². The molecule has 0 bridgehead atoms. The first kappa shape index (κ1) is 14.4. The predicted octanol–water partition coefficient (Wildman–Crippen LogP) is 3.16. The van der Waals surface area contributed by atoms with Crippen molar-refractivity contribution < 1.29 is 27.4 Å². The van der Waals surface area contributed by atoms with E-state index in [2.05, 4.69) is 14.8 Å². The van der Waals surface area contributed by atoms with Gasteiger partial charge in [-0.2, -0.15) is 18.4 Å². The minimum Gasteiger partial charge on any atom is -0.402 e. The number of hydrogen-bond acceptors (Lipinski definition) is 4. The number of rotatable bonds is 2. The Morgan fingerprint density at radius 3 is 2.80 bits per heavy atom. The summed E-state index contributed by atoms with van der Waals surface area (Å²) in [6.45, 7) is -0.918. The van der Waals surface area contributed by atoms with Crippen LogP contribution in [0.25, 0.3) is 0 Å². The van der Waals surface area contributed by atoms with Crippen molar-refractivity contribution in [3.8, 4) is 6.07 Å². The molecule has 0 saturated heterocycles. The monoisotopic (exact) mass is 306 g/mol. The Morgan fingerprint density at radius 2 is 2.20 bits per heavy atom. The van der Waals surface area contributed by atoms with Crippen molar-refractivity contribution in [1.82, 2.24) is 0 Å². The molecule has 2 rings (SSSR count). The molecule has 1 aliphatic rings. The summed E-state index contributed by atoms with van der Waals surface area (Å²) in [4.78, 5) is 11.3. The standard InChI is InChI=1S/C11H6ClF3N2O3/c12-6-1-2-8-7(5-6)10(11(13,14)15,19-4-3-16)20-9(18)17-8/h1-2,5H,4H2,(H,17,18). The van der Waals surface area contributed by atoms with E-state index in [9.17, 15) is 18.0 Å². The number of nitriles is 1.